The largest absolute Gasteiger partial charge is 0.466 e. The number of hydrogen-bond donors (Lipinski definition) is 0. The molecule has 4 heteroatoms. The van der Waals surface area contributed by atoms with Crippen molar-refractivity contribution < 1.29 is 14.3 Å². The van der Waals surface area contributed by atoms with Gasteiger partial charge in [-0.15, -0.1) is 0 Å². The van der Waals surface area contributed by atoms with Crippen LogP contribution in [0.15, 0.2) is 35.4 Å². The molecule has 0 aliphatic carbocycles. The minimum absolute atomic E-state index is 0.0509. The van der Waals surface area contributed by atoms with Gasteiger partial charge in [-0.05, 0) is 18.6 Å². The Morgan fingerprint density at radius 1 is 1.22 bits per heavy atom. The van der Waals surface area contributed by atoms with Gasteiger partial charge >= 0.3 is 5.97 Å². The van der Waals surface area contributed by atoms with E-state index in [2.05, 4.69) is 0 Å². The number of Topliss-reactive ketones (excluding diaryl/α,β-unsaturated/α-hetero) is 1. The Morgan fingerprint density at radius 3 is 2.50 bits per heavy atom. The van der Waals surface area contributed by atoms with Gasteiger partial charge in [0.2, 0.25) is 0 Å². The molecule has 0 atom stereocenters. The molecule has 0 heterocycles. The maximum absolute atomic E-state index is 11.5. The van der Waals surface area contributed by atoms with Gasteiger partial charge in [0, 0.05) is 11.5 Å². The fraction of sp³-hybridized carbons (Fsp3) is 0.286. The van der Waals surface area contributed by atoms with E-state index in [1.165, 1.54) is 0 Å². The van der Waals surface area contributed by atoms with Gasteiger partial charge < -0.3 is 4.74 Å². The number of ether oxygens (including phenoxy) is 1. The van der Waals surface area contributed by atoms with E-state index in [-0.39, 0.29) is 25.2 Å². The molecule has 0 N–H and O–H groups in total. The van der Waals surface area contributed by atoms with Crippen molar-refractivity contribution in [2.45, 2.75) is 19.8 Å². The van der Waals surface area contributed by atoms with E-state index in [4.69, 9.17) is 16.3 Å². The average molecular weight is 267 g/mol. The number of allylic oxidation sites excluding steroid dienone is 1. The van der Waals surface area contributed by atoms with Crippen LogP contribution < -0.4 is 0 Å². The third-order valence-corrected chi connectivity index (χ3v) is 2.38. The normalized spacial score (nSPS) is 11.1. The summed E-state index contributed by atoms with van der Waals surface area (Å²) in [5, 5.41) is 0.412. The van der Waals surface area contributed by atoms with Crippen LogP contribution in [0.5, 0.6) is 0 Å². The third kappa shape index (κ3) is 5.64. The number of carbonyl (C=O) groups excluding carboxylic acids is 2. The Kier molecular flexibility index (Phi) is 6.15. The lowest BCUT2D eigenvalue weighted by molar-refractivity contribution is -0.145. The van der Waals surface area contributed by atoms with Gasteiger partial charge in [0.1, 0.15) is 12.2 Å². The minimum atomic E-state index is -0.508. The highest BCUT2D eigenvalue weighted by Gasteiger charge is 2.11. The Hall–Kier alpha value is -1.61. The molecule has 0 aliphatic heterocycles. The first-order chi connectivity index (χ1) is 8.61. The molecule has 0 aliphatic rings. The van der Waals surface area contributed by atoms with Gasteiger partial charge in [-0.25, -0.2) is 0 Å². The number of benzene rings is 1. The summed E-state index contributed by atoms with van der Waals surface area (Å²) in [4.78, 5) is 22.6. The predicted octanol–water partition coefficient (Wildman–Crippen LogP) is 3.18. The van der Waals surface area contributed by atoms with E-state index in [0.717, 1.165) is 5.56 Å². The summed E-state index contributed by atoms with van der Waals surface area (Å²) in [6.45, 7) is 1.98. The topological polar surface area (TPSA) is 43.4 Å². The first kappa shape index (κ1) is 14.5. The Labute approximate surface area is 111 Å². The minimum Gasteiger partial charge on any atom is -0.466 e. The second-order valence-corrected chi connectivity index (χ2v) is 4.18. The van der Waals surface area contributed by atoms with Crippen molar-refractivity contribution in [3.63, 3.8) is 0 Å². The van der Waals surface area contributed by atoms with E-state index in [1.54, 1.807) is 13.0 Å². The molecule has 0 unspecified atom stereocenters. The number of ketones is 1. The van der Waals surface area contributed by atoms with Crippen molar-refractivity contribution in [3.05, 3.63) is 40.9 Å². The molecule has 18 heavy (non-hydrogen) atoms. The van der Waals surface area contributed by atoms with E-state index < -0.39 is 5.97 Å². The number of rotatable bonds is 6. The van der Waals surface area contributed by atoms with Crippen molar-refractivity contribution in [1.29, 1.82) is 0 Å². The summed E-state index contributed by atoms with van der Waals surface area (Å²) < 4.78 is 4.69. The number of carbonyl (C=O) groups is 2. The lowest BCUT2D eigenvalue weighted by Gasteiger charge is -2.01. The highest BCUT2D eigenvalue weighted by Crippen LogP contribution is 2.14. The smallest absolute Gasteiger partial charge is 0.313 e. The summed E-state index contributed by atoms with van der Waals surface area (Å²) in [7, 11) is 0. The molecule has 0 spiro atoms. The fourth-order valence-corrected chi connectivity index (χ4v) is 1.68. The summed E-state index contributed by atoms with van der Waals surface area (Å²) in [5.41, 5.74) is 0.923. The standard InChI is InChI=1S/C14H15ClO3/c1-2-18-14(17)10-13(16)9-12(15)8-11-6-4-3-5-7-11/h3-8H,2,9-10H2,1H3. The number of esters is 1. The molecular weight excluding hydrogens is 252 g/mol. The summed E-state index contributed by atoms with van der Waals surface area (Å²) in [6, 6.07) is 9.44. The van der Waals surface area contributed by atoms with Gasteiger partial charge in [0.05, 0.1) is 6.61 Å². The molecule has 0 saturated heterocycles. The van der Waals surface area contributed by atoms with Gasteiger partial charge in [-0.3, -0.25) is 9.59 Å². The molecule has 0 bridgehead atoms. The number of hydrogen-bond acceptors (Lipinski definition) is 3. The van der Waals surface area contributed by atoms with E-state index in [9.17, 15) is 9.59 Å². The molecule has 1 rings (SSSR count). The summed E-state index contributed by atoms with van der Waals surface area (Å²) in [5.74, 6) is -0.752. The monoisotopic (exact) mass is 266 g/mol. The van der Waals surface area contributed by atoms with Crippen molar-refractivity contribution in [3.8, 4) is 0 Å². The Morgan fingerprint density at radius 2 is 1.89 bits per heavy atom. The highest BCUT2D eigenvalue weighted by molar-refractivity contribution is 6.33. The van der Waals surface area contributed by atoms with Gasteiger partial charge in [0.25, 0.3) is 0 Å². The predicted molar refractivity (Wildman–Crippen MR) is 71.1 cm³/mol. The first-order valence-electron chi connectivity index (χ1n) is 5.70. The van der Waals surface area contributed by atoms with E-state index >= 15 is 0 Å². The maximum Gasteiger partial charge on any atom is 0.313 e. The molecule has 1 aromatic rings. The zero-order valence-electron chi connectivity index (χ0n) is 10.2. The van der Waals surface area contributed by atoms with Crippen LogP contribution in [0.3, 0.4) is 0 Å². The van der Waals surface area contributed by atoms with Crippen LogP contribution in [0.25, 0.3) is 6.08 Å². The quantitative estimate of drug-likeness (QED) is 0.587. The zero-order chi connectivity index (χ0) is 13.4. The maximum atomic E-state index is 11.5. The second-order valence-electron chi connectivity index (χ2n) is 3.70. The van der Waals surface area contributed by atoms with Crippen molar-refractivity contribution >= 4 is 29.4 Å². The molecule has 0 saturated carbocycles. The fourth-order valence-electron chi connectivity index (χ4n) is 1.41. The Bertz CT molecular complexity index is 438. The Balaban J connectivity index is 2.49. The SMILES string of the molecule is CCOC(=O)CC(=O)CC(Cl)=Cc1ccccc1. The highest BCUT2D eigenvalue weighted by atomic mass is 35.5. The molecule has 0 amide bonds. The molecular formula is C14H15ClO3. The molecule has 0 radical (unpaired) electrons. The zero-order valence-corrected chi connectivity index (χ0v) is 10.9. The van der Waals surface area contributed by atoms with E-state index in [1.807, 2.05) is 30.3 Å². The van der Waals surface area contributed by atoms with Crippen molar-refractivity contribution in [2.24, 2.45) is 0 Å². The van der Waals surface area contributed by atoms with Crippen LogP contribution in [0.2, 0.25) is 0 Å². The van der Waals surface area contributed by atoms with Crippen molar-refractivity contribution in [2.75, 3.05) is 6.61 Å². The summed E-state index contributed by atoms with van der Waals surface area (Å²) >= 11 is 5.96. The van der Waals surface area contributed by atoms with E-state index in [0.29, 0.717) is 5.03 Å². The average Bonchev–Trinajstić information content (AvgIpc) is 2.29. The lowest BCUT2D eigenvalue weighted by atomic mass is 10.1. The number of halogens is 1. The van der Waals surface area contributed by atoms with Crippen LogP contribution in [0, 0.1) is 0 Å². The van der Waals surface area contributed by atoms with Gasteiger partial charge in [0.15, 0.2) is 0 Å². The molecule has 1 aromatic carbocycles. The second kappa shape index (κ2) is 7.67. The summed E-state index contributed by atoms with van der Waals surface area (Å²) in [6.07, 6.45) is 1.53. The van der Waals surface area contributed by atoms with Crippen LogP contribution in [0.4, 0.5) is 0 Å². The molecule has 0 aromatic heterocycles. The van der Waals surface area contributed by atoms with Gasteiger partial charge in [-0.2, -0.15) is 0 Å². The molecule has 96 valence electrons. The molecule has 3 nitrogen and oxygen atoms in total. The van der Waals surface area contributed by atoms with Crippen LogP contribution >= 0.6 is 11.6 Å². The van der Waals surface area contributed by atoms with Crippen molar-refractivity contribution in [1.82, 2.24) is 0 Å². The third-order valence-electron chi connectivity index (χ3n) is 2.14. The van der Waals surface area contributed by atoms with Crippen LogP contribution in [-0.2, 0) is 14.3 Å². The lowest BCUT2D eigenvalue weighted by Crippen LogP contribution is -2.10. The van der Waals surface area contributed by atoms with Crippen LogP contribution in [0.1, 0.15) is 25.3 Å². The molecule has 0 fully saturated rings. The first-order valence-corrected chi connectivity index (χ1v) is 6.08. The van der Waals surface area contributed by atoms with Crippen LogP contribution in [-0.4, -0.2) is 18.4 Å². The van der Waals surface area contributed by atoms with Gasteiger partial charge in [-0.1, -0.05) is 41.9 Å².